The summed E-state index contributed by atoms with van der Waals surface area (Å²) in [4.78, 5) is 37.8. The van der Waals surface area contributed by atoms with E-state index < -0.39 is 23.4 Å². The fourth-order valence-electron chi connectivity index (χ4n) is 2.98. The number of hydrogen-bond acceptors (Lipinski definition) is 5. The Morgan fingerprint density at radius 1 is 1.03 bits per heavy atom. The molecule has 0 saturated carbocycles. The predicted molar refractivity (Wildman–Crippen MR) is 105 cm³/mol. The molecule has 0 radical (unpaired) electrons. The number of nitrogens with zero attached hydrogens (tertiary/aromatic N) is 1. The average molecular weight is 397 g/mol. The quantitative estimate of drug-likeness (QED) is 0.731. The Balaban J connectivity index is 1.74. The summed E-state index contributed by atoms with van der Waals surface area (Å²) < 4.78 is 10.7. The van der Waals surface area contributed by atoms with Crippen LogP contribution in [-0.4, -0.2) is 36.1 Å². The topological polar surface area (TPSA) is 97.0 Å². The number of urea groups is 1. The molecule has 1 heterocycles. The summed E-state index contributed by atoms with van der Waals surface area (Å²) in [5.41, 5.74) is 1.93. The van der Waals surface area contributed by atoms with Gasteiger partial charge in [-0.05, 0) is 62.7 Å². The van der Waals surface area contributed by atoms with Gasteiger partial charge in [-0.2, -0.15) is 5.01 Å². The van der Waals surface area contributed by atoms with Gasteiger partial charge in [0.1, 0.15) is 17.0 Å². The zero-order valence-electron chi connectivity index (χ0n) is 16.7. The van der Waals surface area contributed by atoms with Crippen molar-refractivity contribution >= 4 is 17.8 Å². The Bertz CT molecular complexity index is 924. The van der Waals surface area contributed by atoms with Gasteiger partial charge in [0, 0.05) is 5.56 Å². The molecule has 1 atom stereocenters. The third kappa shape index (κ3) is 4.01. The van der Waals surface area contributed by atoms with E-state index in [9.17, 15) is 14.4 Å². The van der Waals surface area contributed by atoms with Crippen molar-refractivity contribution in [3.8, 4) is 11.5 Å². The Kier molecular flexibility index (Phi) is 5.45. The van der Waals surface area contributed by atoms with E-state index in [1.165, 1.54) is 7.11 Å². The maximum absolute atomic E-state index is 12.9. The molecular formula is C21H23N3O5. The second-order valence-electron chi connectivity index (χ2n) is 7.06. The molecule has 2 N–H and O–H groups in total. The minimum absolute atomic E-state index is 0.0104. The van der Waals surface area contributed by atoms with Crippen molar-refractivity contribution < 1.29 is 23.9 Å². The van der Waals surface area contributed by atoms with Gasteiger partial charge in [0.2, 0.25) is 0 Å². The fraction of sp³-hybridized carbons (Fsp3) is 0.286. The number of carbonyl (C=O) groups excluding carboxylic acids is 3. The normalized spacial score (nSPS) is 18.6. The fourth-order valence-corrected chi connectivity index (χ4v) is 2.98. The van der Waals surface area contributed by atoms with Crippen molar-refractivity contribution in [2.75, 3.05) is 7.11 Å². The van der Waals surface area contributed by atoms with E-state index in [2.05, 4.69) is 10.7 Å². The highest BCUT2D eigenvalue weighted by atomic mass is 16.5. The summed E-state index contributed by atoms with van der Waals surface area (Å²) in [6.07, 6.45) is 0.0104. The summed E-state index contributed by atoms with van der Waals surface area (Å²) in [7, 11) is 1.54. The van der Waals surface area contributed by atoms with Crippen LogP contribution < -0.4 is 20.2 Å². The molecule has 0 aliphatic carbocycles. The lowest BCUT2D eigenvalue weighted by molar-refractivity contribution is -0.132. The molecule has 8 nitrogen and oxygen atoms in total. The first-order valence-electron chi connectivity index (χ1n) is 9.13. The molecule has 2 aromatic rings. The van der Waals surface area contributed by atoms with Gasteiger partial charge in [-0.3, -0.25) is 15.0 Å². The highest BCUT2D eigenvalue weighted by Gasteiger charge is 2.50. The van der Waals surface area contributed by atoms with Crippen LogP contribution in [0.4, 0.5) is 4.79 Å². The molecule has 3 rings (SSSR count). The van der Waals surface area contributed by atoms with Crippen LogP contribution in [0, 0.1) is 0 Å². The maximum Gasteiger partial charge on any atom is 0.344 e. The monoisotopic (exact) mass is 397 g/mol. The zero-order chi connectivity index (χ0) is 21.2. The lowest BCUT2D eigenvalue weighted by Crippen LogP contribution is -2.47. The minimum atomic E-state index is -1.30. The van der Waals surface area contributed by atoms with Crippen LogP contribution in [0.3, 0.4) is 0 Å². The highest BCUT2D eigenvalue weighted by molar-refractivity contribution is 6.09. The number of amides is 4. The van der Waals surface area contributed by atoms with Crippen LogP contribution in [0.25, 0.3) is 0 Å². The van der Waals surface area contributed by atoms with Gasteiger partial charge < -0.3 is 14.8 Å². The standard InChI is InChI=1S/C21H23N3O5/c1-13(2)29-17-9-5-14(6-10-17)18(25)23-24-19(26)21(3,22-20(24)27)15-7-11-16(28-4)12-8-15/h5-13H,1-4H3,(H,22,27)(H,23,25)/t21-/m0/s1. The zero-order valence-corrected chi connectivity index (χ0v) is 16.7. The number of nitrogens with one attached hydrogen (secondary N) is 2. The number of rotatable bonds is 6. The van der Waals surface area contributed by atoms with E-state index in [4.69, 9.17) is 9.47 Å². The van der Waals surface area contributed by atoms with Gasteiger partial charge in [0.05, 0.1) is 13.2 Å². The van der Waals surface area contributed by atoms with Crippen molar-refractivity contribution in [3.05, 3.63) is 59.7 Å². The van der Waals surface area contributed by atoms with Gasteiger partial charge >= 0.3 is 6.03 Å². The number of benzene rings is 2. The van der Waals surface area contributed by atoms with E-state index in [-0.39, 0.29) is 6.10 Å². The van der Waals surface area contributed by atoms with Crippen molar-refractivity contribution in [1.29, 1.82) is 0 Å². The second-order valence-corrected chi connectivity index (χ2v) is 7.06. The largest absolute Gasteiger partial charge is 0.497 e. The van der Waals surface area contributed by atoms with Crippen molar-refractivity contribution in [1.82, 2.24) is 15.8 Å². The van der Waals surface area contributed by atoms with Crippen molar-refractivity contribution in [2.45, 2.75) is 32.4 Å². The second kappa shape index (κ2) is 7.83. The Morgan fingerprint density at radius 2 is 1.62 bits per heavy atom. The third-order valence-corrected chi connectivity index (χ3v) is 4.56. The minimum Gasteiger partial charge on any atom is -0.497 e. The molecule has 4 amide bonds. The molecule has 2 aromatic carbocycles. The SMILES string of the molecule is COc1ccc([C@]2(C)NC(=O)N(NC(=O)c3ccc(OC(C)C)cc3)C2=O)cc1. The summed E-state index contributed by atoms with van der Waals surface area (Å²) in [5.74, 6) is 0.0900. The van der Waals surface area contributed by atoms with Crippen LogP contribution in [0.1, 0.15) is 36.7 Å². The number of imide groups is 1. The summed E-state index contributed by atoms with van der Waals surface area (Å²) in [5, 5.41) is 3.33. The molecule has 1 saturated heterocycles. The molecule has 0 spiro atoms. The Hall–Kier alpha value is -3.55. The van der Waals surface area contributed by atoms with Gasteiger partial charge in [-0.1, -0.05) is 12.1 Å². The Labute approximate surface area is 168 Å². The molecule has 1 aliphatic heterocycles. The van der Waals surface area contributed by atoms with Crippen molar-refractivity contribution in [2.24, 2.45) is 0 Å². The van der Waals surface area contributed by atoms with Gasteiger partial charge in [0.15, 0.2) is 0 Å². The van der Waals surface area contributed by atoms with E-state index in [1.807, 2.05) is 13.8 Å². The summed E-state index contributed by atoms with van der Waals surface area (Å²) in [6, 6.07) is 12.5. The molecule has 29 heavy (non-hydrogen) atoms. The molecular weight excluding hydrogens is 374 g/mol. The van der Waals surface area contributed by atoms with E-state index >= 15 is 0 Å². The highest BCUT2D eigenvalue weighted by Crippen LogP contribution is 2.29. The van der Waals surface area contributed by atoms with Crippen LogP contribution in [0.15, 0.2) is 48.5 Å². The molecule has 152 valence electrons. The number of hydrogen-bond donors (Lipinski definition) is 2. The van der Waals surface area contributed by atoms with Crippen LogP contribution in [0.2, 0.25) is 0 Å². The number of hydrazine groups is 1. The lowest BCUT2D eigenvalue weighted by Gasteiger charge is -2.22. The predicted octanol–water partition coefficient (Wildman–Crippen LogP) is 2.59. The molecule has 1 aliphatic rings. The van der Waals surface area contributed by atoms with Crippen LogP contribution >= 0.6 is 0 Å². The molecule has 0 aromatic heterocycles. The third-order valence-electron chi connectivity index (χ3n) is 4.56. The summed E-state index contributed by atoms with van der Waals surface area (Å²) in [6.45, 7) is 5.38. The van der Waals surface area contributed by atoms with E-state index in [1.54, 1.807) is 55.5 Å². The Morgan fingerprint density at radius 3 is 2.17 bits per heavy atom. The van der Waals surface area contributed by atoms with Gasteiger partial charge in [-0.25, -0.2) is 4.79 Å². The van der Waals surface area contributed by atoms with Crippen molar-refractivity contribution in [3.63, 3.8) is 0 Å². The molecule has 8 heteroatoms. The number of carbonyl (C=O) groups is 3. The number of methoxy groups -OCH3 is 1. The molecule has 0 unspecified atom stereocenters. The first kappa shape index (κ1) is 20.2. The van der Waals surface area contributed by atoms with E-state index in [0.29, 0.717) is 27.6 Å². The first-order chi connectivity index (χ1) is 13.7. The van der Waals surface area contributed by atoms with E-state index in [0.717, 1.165) is 0 Å². The van der Waals surface area contributed by atoms with Gasteiger partial charge in [0.25, 0.3) is 11.8 Å². The van der Waals surface area contributed by atoms with Crippen LogP contribution in [0.5, 0.6) is 11.5 Å². The lowest BCUT2D eigenvalue weighted by atomic mass is 9.92. The maximum atomic E-state index is 12.9. The molecule has 1 fully saturated rings. The average Bonchev–Trinajstić information content (AvgIpc) is 2.92. The molecule has 0 bridgehead atoms. The first-order valence-corrected chi connectivity index (χ1v) is 9.13. The smallest absolute Gasteiger partial charge is 0.344 e. The summed E-state index contributed by atoms with van der Waals surface area (Å²) >= 11 is 0. The van der Waals surface area contributed by atoms with Crippen LogP contribution in [-0.2, 0) is 10.3 Å². The number of ether oxygens (including phenoxy) is 2. The van der Waals surface area contributed by atoms with Gasteiger partial charge in [-0.15, -0.1) is 0 Å².